The molecular formula is C15H20N4OS. The summed E-state index contributed by atoms with van der Waals surface area (Å²) in [5.74, 6) is 0.375. The molecular weight excluding hydrogens is 284 g/mol. The van der Waals surface area contributed by atoms with Gasteiger partial charge in [-0.3, -0.25) is 14.8 Å². The highest BCUT2D eigenvalue weighted by molar-refractivity contribution is 7.10. The summed E-state index contributed by atoms with van der Waals surface area (Å²) in [5, 5.41) is 11.7. The lowest BCUT2D eigenvalue weighted by atomic mass is 9.88. The van der Waals surface area contributed by atoms with E-state index in [0.717, 1.165) is 13.0 Å². The van der Waals surface area contributed by atoms with Crippen LogP contribution in [0.2, 0.25) is 0 Å². The highest BCUT2D eigenvalue weighted by atomic mass is 32.1. The number of nitrogens with zero attached hydrogens (tertiary/aromatic N) is 2. The number of amides is 1. The van der Waals surface area contributed by atoms with E-state index >= 15 is 0 Å². The molecule has 0 spiro atoms. The number of likely N-dealkylation sites (tertiary alicyclic amines) is 1. The number of aromatic amines is 1. The van der Waals surface area contributed by atoms with E-state index < -0.39 is 0 Å². The van der Waals surface area contributed by atoms with Crippen LogP contribution in [0.4, 0.5) is 0 Å². The van der Waals surface area contributed by atoms with Crippen LogP contribution in [0.15, 0.2) is 29.8 Å². The topological polar surface area (TPSA) is 61.0 Å². The molecule has 2 atom stereocenters. The molecule has 1 amide bonds. The van der Waals surface area contributed by atoms with Gasteiger partial charge in [0, 0.05) is 23.7 Å². The van der Waals surface area contributed by atoms with Gasteiger partial charge < -0.3 is 5.32 Å². The van der Waals surface area contributed by atoms with E-state index in [1.54, 1.807) is 23.6 Å². The van der Waals surface area contributed by atoms with Crippen LogP contribution in [0.3, 0.4) is 0 Å². The highest BCUT2D eigenvalue weighted by Gasteiger charge is 2.31. The number of aromatic nitrogens is 2. The Morgan fingerprint density at radius 3 is 3.19 bits per heavy atom. The monoisotopic (exact) mass is 304 g/mol. The first-order valence-corrected chi connectivity index (χ1v) is 8.15. The number of hydrogen-bond donors (Lipinski definition) is 2. The van der Waals surface area contributed by atoms with Crippen LogP contribution < -0.4 is 5.32 Å². The van der Waals surface area contributed by atoms with Crippen molar-refractivity contribution < 1.29 is 4.79 Å². The molecule has 0 radical (unpaired) electrons. The number of piperidine rings is 1. The zero-order valence-corrected chi connectivity index (χ0v) is 12.9. The average molecular weight is 304 g/mol. The second kappa shape index (κ2) is 6.41. The molecule has 3 heterocycles. The molecule has 3 rings (SSSR count). The van der Waals surface area contributed by atoms with Crippen molar-refractivity contribution in [3.63, 3.8) is 0 Å². The maximum absolute atomic E-state index is 12.0. The Bertz CT molecular complexity index is 567. The standard InChI is InChI=1S/C15H20N4OS/c1-19-8-2-4-11(14(19)13-5-3-9-21-13)10-16-15(20)12-6-7-17-18-12/h3,5-7,9,11,14H,2,4,8,10H2,1H3,(H,16,20)(H,17,18)/t11-,14-/m0/s1. The minimum atomic E-state index is -0.0781. The van der Waals surface area contributed by atoms with Crippen molar-refractivity contribution in [2.75, 3.05) is 20.1 Å². The predicted molar refractivity (Wildman–Crippen MR) is 83.3 cm³/mol. The lowest BCUT2D eigenvalue weighted by Gasteiger charge is -2.38. The fourth-order valence-corrected chi connectivity index (χ4v) is 4.07. The molecule has 0 unspecified atom stereocenters. The molecule has 2 aromatic rings. The molecule has 21 heavy (non-hydrogen) atoms. The van der Waals surface area contributed by atoms with Crippen molar-refractivity contribution in [2.24, 2.45) is 5.92 Å². The summed E-state index contributed by atoms with van der Waals surface area (Å²) < 4.78 is 0. The molecule has 2 aromatic heterocycles. The minimum absolute atomic E-state index is 0.0781. The Kier molecular flexibility index (Phi) is 4.36. The number of hydrogen-bond acceptors (Lipinski definition) is 4. The third-order valence-corrected chi connectivity index (χ3v) is 5.05. The van der Waals surface area contributed by atoms with Gasteiger partial charge in [-0.2, -0.15) is 5.10 Å². The molecule has 1 aliphatic heterocycles. The Morgan fingerprint density at radius 1 is 1.57 bits per heavy atom. The van der Waals surface area contributed by atoms with Crippen LogP contribution in [0.5, 0.6) is 0 Å². The van der Waals surface area contributed by atoms with Crippen molar-refractivity contribution in [1.82, 2.24) is 20.4 Å². The van der Waals surface area contributed by atoms with Crippen LogP contribution in [0.25, 0.3) is 0 Å². The number of nitrogens with one attached hydrogen (secondary N) is 2. The van der Waals surface area contributed by atoms with Gasteiger partial charge in [0.15, 0.2) is 0 Å². The SMILES string of the molecule is CN1CCC[C@@H](CNC(=O)c2ccn[nH]2)[C@H]1c1cccs1. The van der Waals surface area contributed by atoms with Gasteiger partial charge in [-0.15, -0.1) is 11.3 Å². The molecule has 1 saturated heterocycles. The third-order valence-electron chi connectivity index (χ3n) is 4.11. The molecule has 0 aromatic carbocycles. The molecule has 0 bridgehead atoms. The van der Waals surface area contributed by atoms with Gasteiger partial charge in [0.25, 0.3) is 5.91 Å². The molecule has 6 heteroatoms. The Morgan fingerprint density at radius 2 is 2.48 bits per heavy atom. The van der Waals surface area contributed by atoms with E-state index in [9.17, 15) is 4.79 Å². The smallest absolute Gasteiger partial charge is 0.269 e. The highest BCUT2D eigenvalue weighted by Crippen LogP contribution is 2.36. The zero-order chi connectivity index (χ0) is 14.7. The summed E-state index contributed by atoms with van der Waals surface area (Å²) in [6, 6.07) is 6.39. The first kappa shape index (κ1) is 14.3. The van der Waals surface area contributed by atoms with Crippen LogP contribution in [0.1, 0.15) is 34.2 Å². The molecule has 5 nitrogen and oxygen atoms in total. The zero-order valence-electron chi connectivity index (χ0n) is 12.1. The first-order chi connectivity index (χ1) is 10.3. The van der Waals surface area contributed by atoms with Gasteiger partial charge in [0.1, 0.15) is 5.69 Å². The number of thiophene rings is 1. The molecule has 0 saturated carbocycles. The summed E-state index contributed by atoms with van der Waals surface area (Å²) in [4.78, 5) is 15.8. The molecule has 0 aliphatic carbocycles. The number of carbonyl (C=O) groups is 1. The van der Waals surface area contributed by atoms with Gasteiger partial charge >= 0.3 is 0 Å². The van der Waals surface area contributed by atoms with Crippen LogP contribution >= 0.6 is 11.3 Å². The average Bonchev–Trinajstić information content (AvgIpc) is 3.17. The van der Waals surface area contributed by atoms with Crippen LogP contribution in [0, 0.1) is 5.92 Å². The summed E-state index contributed by atoms with van der Waals surface area (Å²) >= 11 is 1.80. The van der Waals surface area contributed by atoms with Gasteiger partial charge in [-0.05, 0) is 49.9 Å². The van der Waals surface area contributed by atoms with E-state index in [1.165, 1.54) is 11.3 Å². The van der Waals surface area contributed by atoms with Gasteiger partial charge in [0.05, 0.1) is 0 Å². The van der Waals surface area contributed by atoms with Gasteiger partial charge in [0.2, 0.25) is 0 Å². The van der Waals surface area contributed by atoms with Crippen molar-refractivity contribution in [3.05, 3.63) is 40.3 Å². The number of H-pyrrole nitrogens is 1. The minimum Gasteiger partial charge on any atom is -0.350 e. The van der Waals surface area contributed by atoms with E-state index in [0.29, 0.717) is 24.2 Å². The van der Waals surface area contributed by atoms with Gasteiger partial charge in [-0.25, -0.2) is 0 Å². The van der Waals surface area contributed by atoms with Crippen LogP contribution in [-0.2, 0) is 0 Å². The van der Waals surface area contributed by atoms with E-state index in [4.69, 9.17) is 0 Å². The fraction of sp³-hybridized carbons (Fsp3) is 0.467. The van der Waals surface area contributed by atoms with Crippen molar-refractivity contribution in [1.29, 1.82) is 0 Å². The van der Waals surface area contributed by atoms with Crippen molar-refractivity contribution >= 4 is 17.2 Å². The Labute approximate surface area is 128 Å². The second-order valence-electron chi connectivity index (χ2n) is 5.52. The fourth-order valence-electron chi connectivity index (χ4n) is 3.08. The van der Waals surface area contributed by atoms with Crippen molar-refractivity contribution in [3.8, 4) is 0 Å². The predicted octanol–water partition coefficient (Wildman–Crippen LogP) is 2.28. The third kappa shape index (κ3) is 3.16. The van der Waals surface area contributed by atoms with E-state index in [2.05, 4.69) is 45.0 Å². The quantitative estimate of drug-likeness (QED) is 0.911. The lowest BCUT2D eigenvalue weighted by molar-refractivity contribution is 0.0891. The summed E-state index contributed by atoms with van der Waals surface area (Å²) in [6.07, 6.45) is 3.93. The lowest BCUT2D eigenvalue weighted by Crippen LogP contribution is -2.41. The Balaban J connectivity index is 1.66. The second-order valence-corrected chi connectivity index (χ2v) is 6.50. The summed E-state index contributed by atoms with van der Waals surface area (Å²) in [5.41, 5.74) is 0.520. The number of rotatable bonds is 4. The largest absolute Gasteiger partial charge is 0.350 e. The summed E-state index contributed by atoms with van der Waals surface area (Å²) in [7, 11) is 2.17. The number of carbonyl (C=O) groups excluding carboxylic acids is 1. The first-order valence-electron chi connectivity index (χ1n) is 7.27. The van der Waals surface area contributed by atoms with E-state index in [1.807, 2.05) is 0 Å². The van der Waals surface area contributed by atoms with Crippen LogP contribution in [-0.4, -0.2) is 41.1 Å². The molecule has 2 N–H and O–H groups in total. The Hall–Kier alpha value is -1.66. The van der Waals surface area contributed by atoms with Gasteiger partial charge in [-0.1, -0.05) is 6.07 Å². The molecule has 112 valence electrons. The normalized spacial score (nSPS) is 23.1. The maximum atomic E-state index is 12.0. The molecule has 1 fully saturated rings. The van der Waals surface area contributed by atoms with E-state index in [-0.39, 0.29) is 5.91 Å². The summed E-state index contributed by atoms with van der Waals surface area (Å²) in [6.45, 7) is 1.82. The maximum Gasteiger partial charge on any atom is 0.269 e. The van der Waals surface area contributed by atoms with Crippen molar-refractivity contribution in [2.45, 2.75) is 18.9 Å². The molecule has 1 aliphatic rings.